The summed E-state index contributed by atoms with van der Waals surface area (Å²) in [5.74, 6) is -1.39. The van der Waals surface area contributed by atoms with Crippen LogP contribution in [-0.4, -0.2) is 22.0 Å². The molecular formula is C20H15FN4O5. The summed E-state index contributed by atoms with van der Waals surface area (Å²) in [5.41, 5.74) is -0.227. The molecule has 30 heavy (non-hydrogen) atoms. The van der Waals surface area contributed by atoms with E-state index in [4.69, 9.17) is 5.26 Å². The lowest BCUT2D eigenvalue weighted by Gasteiger charge is -2.34. The number of nitrogens with one attached hydrogen (secondary N) is 1. The van der Waals surface area contributed by atoms with E-state index >= 15 is 0 Å². The molecule has 1 heterocycles. The molecule has 3 rings (SSSR count). The minimum absolute atomic E-state index is 0.0230. The third kappa shape index (κ3) is 3.56. The van der Waals surface area contributed by atoms with Gasteiger partial charge in [0.15, 0.2) is 0 Å². The molecule has 0 radical (unpaired) electrons. The molecule has 0 aromatic heterocycles. The molecule has 1 aliphatic rings. The van der Waals surface area contributed by atoms with E-state index in [2.05, 4.69) is 5.32 Å². The lowest BCUT2D eigenvalue weighted by molar-refractivity contribution is -0.385. The van der Waals surface area contributed by atoms with Crippen molar-refractivity contribution in [1.82, 2.24) is 5.32 Å². The summed E-state index contributed by atoms with van der Waals surface area (Å²) in [6.07, 6.45) is 0. The predicted molar refractivity (Wildman–Crippen MR) is 103 cm³/mol. The second kappa shape index (κ2) is 8.00. The Morgan fingerprint density at radius 3 is 2.70 bits per heavy atom. The van der Waals surface area contributed by atoms with Crippen LogP contribution in [0.2, 0.25) is 0 Å². The molecule has 152 valence electrons. The monoisotopic (exact) mass is 410 g/mol. The van der Waals surface area contributed by atoms with Crippen LogP contribution >= 0.6 is 0 Å². The number of carbonyl (C=O) groups is 2. The average Bonchev–Trinajstić information content (AvgIpc) is 2.72. The average molecular weight is 410 g/mol. The summed E-state index contributed by atoms with van der Waals surface area (Å²) in [7, 11) is 0. The fraction of sp³-hybridized carbons (Fsp3) is 0.150. The molecular weight excluding hydrogens is 395 g/mol. The van der Waals surface area contributed by atoms with Crippen LogP contribution in [0.5, 0.6) is 0 Å². The van der Waals surface area contributed by atoms with Gasteiger partial charge in [0.25, 0.3) is 5.69 Å². The normalized spacial score (nSPS) is 16.1. The maximum Gasteiger partial charge on any atom is 0.335 e. The highest BCUT2D eigenvalue weighted by molar-refractivity contribution is 6.02. The summed E-state index contributed by atoms with van der Waals surface area (Å²) >= 11 is 0. The lowest BCUT2D eigenvalue weighted by Crippen LogP contribution is -2.48. The largest absolute Gasteiger partial charge is 0.478 e. The Morgan fingerprint density at radius 2 is 2.10 bits per heavy atom. The molecule has 0 saturated carbocycles. The summed E-state index contributed by atoms with van der Waals surface area (Å²) in [6.45, 7) is 0.630. The maximum absolute atomic E-state index is 13.0. The molecule has 2 aromatic carbocycles. The van der Waals surface area contributed by atoms with Gasteiger partial charge in [-0.15, -0.1) is 0 Å². The number of allylic oxidation sites excluding steroid dienone is 1. The topological polar surface area (TPSA) is 137 Å². The summed E-state index contributed by atoms with van der Waals surface area (Å²) < 4.78 is 13.0. The second-order valence-corrected chi connectivity index (χ2v) is 6.47. The number of nitro benzene ring substituents is 1. The van der Waals surface area contributed by atoms with Crippen molar-refractivity contribution in [3.63, 3.8) is 0 Å². The number of aliphatic carboxylic acids is 1. The zero-order valence-corrected chi connectivity index (χ0v) is 15.6. The van der Waals surface area contributed by atoms with Gasteiger partial charge in [-0.2, -0.15) is 5.26 Å². The van der Waals surface area contributed by atoms with Crippen molar-refractivity contribution >= 4 is 23.4 Å². The Hall–Kier alpha value is -4.26. The number of amides is 2. The van der Waals surface area contributed by atoms with Gasteiger partial charge in [0.05, 0.1) is 39.4 Å². The van der Waals surface area contributed by atoms with Crippen molar-refractivity contribution in [3.8, 4) is 6.07 Å². The summed E-state index contributed by atoms with van der Waals surface area (Å²) in [6, 6.07) is 9.30. The predicted octanol–water partition coefficient (Wildman–Crippen LogP) is 3.57. The number of urea groups is 1. The number of hydrogen-bond acceptors (Lipinski definition) is 5. The number of anilines is 1. The molecule has 2 N–H and O–H groups in total. The van der Waals surface area contributed by atoms with Gasteiger partial charge in [-0.3, -0.25) is 15.0 Å². The zero-order valence-electron chi connectivity index (χ0n) is 15.6. The first-order chi connectivity index (χ1) is 14.3. The third-order valence-corrected chi connectivity index (χ3v) is 4.71. The van der Waals surface area contributed by atoms with Crippen molar-refractivity contribution < 1.29 is 24.0 Å². The Balaban J connectivity index is 2.19. The number of rotatable bonds is 5. The van der Waals surface area contributed by atoms with Gasteiger partial charge in [0.2, 0.25) is 0 Å². The Kier molecular flexibility index (Phi) is 5.46. The first-order valence-corrected chi connectivity index (χ1v) is 8.66. The second-order valence-electron chi connectivity index (χ2n) is 6.47. The van der Waals surface area contributed by atoms with Gasteiger partial charge in [0, 0.05) is 11.8 Å². The molecule has 1 aliphatic heterocycles. The molecule has 1 atom stereocenters. The number of carboxylic acid groups (broad SMARTS) is 1. The van der Waals surface area contributed by atoms with Crippen LogP contribution in [0.1, 0.15) is 29.7 Å². The number of benzene rings is 2. The van der Waals surface area contributed by atoms with Crippen molar-refractivity contribution in [2.24, 2.45) is 0 Å². The van der Waals surface area contributed by atoms with Crippen LogP contribution in [-0.2, 0) is 11.5 Å². The SMILES string of the molecule is CC1=C(C(=O)O)C(c2ccc(C#N)cc2[N+](=O)[O-])NC(=O)N1c1cccc(CF)c1. The van der Waals surface area contributed by atoms with Crippen molar-refractivity contribution in [1.29, 1.82) is 5.26 Å². The molecule has 9 nitrogen and oxygen atoms in total. The van der Waals surface area contributed by atoms with E-state index in [0.717, 1.165) is 11.0 Å². The van der Waals surface area contributed by atoms with E-state index in [1.54, 1.807) is 6.07 Å². The highest BCUT2D eigenvalue weighted by Gasteiger charge is 2.39. The molecule has 10 heteroatoms. The summed E-state index contributed by atoms with van der Waals surface area (Å²) in [4.78, 5) is 36.7. The molecule has 0 aliphatic carbocycles. The molecule has 2 amide bonds. The van der Waals surface area contributed by atoms with Crippen LogP contribution in [0.25, 0.3) is 0 Å². The first-order valence-electron chi connectivity index (χ1n) is 8.66. The number of carbonyl (C=O) groups excluding carboxylic acids is 1. The van der Waals surface area contributed by atoms with Gasteiger partial charge in [-0.05, 0) is 36.8 Å². The number of nitro groups is 1. The van der Waals surface area contributed by atoms with Crippen molar-refractivity contribution in [2.45, 2.75) is 19.6 Å². The number of halogens is 1. The molecule has 0 bridgehead atoms. The van der Waals surface area contributed by atoms with E-state index in [1.165, 1.54) is 43.3 Å². The standard InChI is InChI=1S/C20H15FN4O5/c1-11-17(19(26)27)18(15-6-5-13(10-22)8-16(15)25(29)30)23-20(28)24(11)14-4-2-3-12(7-14)9-21/h2-8,18H,9H2,1H3,(H,23,28)(H,26,27). The Bertz CT molecular complexity index is 1140. The fourth-order valence-electron chi connectivity index (χ4n) is 3.36. The van der Waals surface area contributed by atoms with Crippen LogP contribution in [0.4, 0.5) is 20.6 Å². The minimum atomic E-state index is -1.39. The molecule has 2 aromatic rings. The van der Waals surface area contributed by atoms with Crippen molar-refractivity contribution in [2.75, 3.05) is 4.90 Å². The van der Waals surface area contributed by atoms with Crippen LogP contribution in [0, 0.1) is 21.4 Å². The molecule has 0 fully saturated rings. The maximum atomic E-state index is 13.0. The summed E-state index contributed by atoms with van der Waals surface area (Å²) in [5, 5.41) is 32.8. The number of nitriles is 1. The van der Waals surface area contributed by atoms with Crippen LogP contribution in [0.15, 0.2) is 53.7 Å². The van der Waals surface area contributed by atoms with Gasteiger partial charge in [0.1, 0.15) is 6.67 Å². The highest BCUT2D eigenvalue weighted by atomic mass is 19.1. The quantitative estimate of drug-likeness (QED) is 0.571. The van der Waals surface area contributed by atoms with Gasteiger partial charge in [-0.1, -0.05) is 12.1 Å². The van der Waals surface area contributed by atoms with Gasteiger partial charge >= 0.3 is 12.0 Å². The van der Waals surface area contributed by atoms with E-state index < -0.39 is 35.3 Å². The third-order valence-electron chi connectivity index (χ3n) is 4.71. The number of alkyl halides is 1. The van der Waals surface area contributed by atoms with Crippen LogP contribution in [0.3, 0.4) is 0 Å². The lowest BCUT2D eigenvalue weighted by atomic mass is 9.92. The number of carboxylic acids is 1. The zero-order chi connectivity index (χ0) is 22.0. The fourth-order valence-corrected chi connectivity index (χ4v) is 3.36. The van der Waals surface area contributed by atoms with Crippen molar-refractivity contribution in [3.05, 3.63) is 80.5 Å². The molecule has 0 saturated heterocycles. The van der Waals surface area contributed by atoms with E-state index in [0.29, 0.717) is 5.56 Å². The van der Waals surface area contributed by atoms with Gasteiger partial charge in [-0.25, -0.2) is 14.0 Å². The van der Waals surface area contributed by atoms with E-state index in [1.807, 2.05) is 0 Å². The van der Waals surface area contributed by atoms with E-state index in [-0.39, 0.29) is 28.1 Å². The first kappa shape index (κ1) is 20.5. The molecule has 0 spiro atoms. The van der Waals surface area contributed by atoms with Crippen LogP contribution < -0.4 is 10.2 Å². The molecule has 1 unspecified atom stereocenters. The smallest absolute Gasteiger partial charge is 0.335 e. The highest BCUT2D eigenvalue weighted by Crippen LogP contribution is 2.37. The Labute approximate surface area is 169 Å². The number of hydrogen-bond donors (Lipinski definition) is 2. The van der Waals surface area contributed by atoms with E-state index in [9.17, 15) is 29.2 Å². The Morgan fingerprint density at radius 1 is 1.37 bits per heavy atom. The van der Waals surface area contributed by atoms with Gasteiger partial charge < -0.3 is 10.4 Å². The number of nitrogens with zero attached hydrogens (tertiary/aromatic N) is 3. The minimum Gasteiger partial charge on any atom is -0.478 e.